The van der Waals surface area contributed by atoms with Crippen molar-refractivity contribution in [2.45, 2.75) is 49.8 Å². The second kappa shape index (κ2) is 14.6. The van der Waals surface area contributed by atoms with E-state index in [0.29, 0.717) is 13.1 Å². The molecule has 0 aliphatic carbocycles. The number of amides is 2. The Bertz CT molecular complexity index is 1690. The number of aromatic nitrogens is 1. The van der Waals surface area contributed by atoms with E-state index in [-0.39, 0.29) is 30.8 Å². The lowest BCUT2D eigenvalue weighted by Crippen LogP contribution is -2.38. The molecule has 4 aromatic carbocycles. The number of carbonyl (C=O) groups is 1. The van der Waals surface area contributed by atoms with Gasteiger partial charge in [-0.05, 0) is 52.9 Å². The smallest absolute Gasteiger partial charge is 0.315 e. The molecule has 3 N–H and O–H groups in total. The van der Waals surface area contributed by atoms with Crippen molar-refractivity contribution in [2.75, 3.05) is 12.3 Å². The Morgan fingerprint density at radius 3 is 2.42 bits per heavy atom. The predicted octanol–water partition coefficient (Wildman–Crippen LogP) is 7.86. The van der Waals surface area contributed by atoms with Gasteiger partial charge >= 0.3 is 6.03 Å². The van der Waals surface area contributed by atoms with Crippen molar-refractivity contribution < 1.29 is 19.4 Å². The van der Waals surface area contributed by atoms with Gasteiger partial charge in [0.1, 0.15) is 0 Å². The third kappa shape index (κ3) is 7.57. The summed E-state index contributed by atoms with van der Waals surface area (Å²) < 4.78 is 15.5. The summed E-state index contributed by atoms with van der Waals surface area (Å²) in [7, 11) is 0. The molecule has 5 aromatic rings. The standard InChI is InChI=1S/C36H37N3O4S2/c1-3-37-35(41)38-20-25-7-6-8-29(19-25)26-15-17-28(18-16-26)34-42-31(22-44-36-39-30-9-4-5-10-32(30)45-36)23(2)33(43-34)27-13-11-24(21-40)12-14-27/h4-19,23,31,33-34,40H,3,20-22H2,1-2H3,(H2,37,38,41). The zero-order valence-electron chi connectivity index (χ0n) is 25.3. The van der Waals surface area contributed by atoms with Crippen molar-refractivity contribution >= 4 is 39.3 Å². The topological polar surface area (TPSA) is 92.7 Å². The summed E-state index contributed by atoms with van der Waals surface area (Å²) in [6, 6.07) is 32.5. The molecule has 1 aromatic heterocycles. The predicted molar refractivity (Wildman–Crippen MR) is 181 cm³/mol. The van der Waals surface area contributed by atoms with Gasteiger partial charge in [-0.3, -0.25) is 0 Å². The summed E-state index contributed by atoms with van der Waals surface area (Å²) >= 11 is 3.44. The zero-order chi connectivity index (χ0) is 31.2. The van der Waals surface area contributed by atoms with Gasteiger partial charge in [0.15, 0.2) is 10.6 Å². The van der Waals surface area contributed by atoms with Gasteiger partial charge in [-0.15, -0.1) is 11.3 Å². The largest absolute Gasteiger partial charge is 0.392 e. The minimum Gasteiger partial charge on any atom is -0.392 e. The van der Waals surface area contributed by atoms with E-state index >= 15 is 0 Å². The van der Waals surface area contributed by atoms with E-state index in [9.17, 15) is 9.90 Å². The number of para-hydroxylation sites is 1. The van der Waals surface area contributed by atoms with Crippen LogP contribution in [0.15, 0.2) is 101 Å². The maximum Gasteiger partial charge on any atom is 0.315 e. The summed E-state index contributed by atoms with van der Waals surface area (Å²) in [5, 5.41) is 15.2. The molecule has 1 aliphatic heterocycles. The van der Waals surface area contributed by atoms with Crippen LogP contribution < -0.4 is 10.6 Å². The molecule has 0 spiro atoms. The Labute approximate surface area is 272 Å². The molecule has 45 heavy (non-hydrogen) atoms. The molecule has 4 atom stereocenters. The van der Waals surface area contributed by atoms with Crippen LogP contribution in [0, 0.1) is 5.92 Å². The molecular formula is C36H37N3O4S2. The molecule has 1 aliphatic rings. The number of nitrogens with zero attached hydrogens (tertiary/aromatic N) is 1. The van der Waals surface area contributed by atoms with Crippen molar-refractivity contribution in [3.8, 4) is 11.1 Å². The first-order chi connectivity index (χ1) is 22.0. The van der Waals surface area contributed by atoms with Gasteiger partial charge in [-0.1, -0.05) is 97.5 Å². The van der Waals surface area contributed by atoms with Crippen LogP contribution in [0.4, 0.5) is 4.79 Å². The highest BCUT2D eigenvalue weighted by Gasteiger charge is 2.38. The number of hydrogen-bond acceptors (Lipinski definition) is 7. The molecule has 6 rings (SSSR count). The Morgan fingerprint density at radius 2 is 1.67 bits per heavy atom. The number of urea groups is 1. The molecular weight excluding hydrogens is 603 g/mol. The van der Waals surface area contributed by atoms with E-state index < -0.39 is 6.29 Å². The average molecular weight is 640 g/mol. The third-order valence-corrected chi connectivity index (χ3v) is 10.3. The number of nitrogens with one attached hydrogen (secondary N) is 2. The van der Waals surface area contributed by atoms with Gasteiger partial charge in [-0.2, -0.15) is 0 Å². The molecule has 7 nitrogen and oxygen atoms in total. The Morgan fingerprint density at radius 1 is 0.889 bits per heavy atom. The van der Waals surface area contributed by atoms with Crippen LogP contribution in [0.5, 0.6) is 0 Å². The summed E-state index contributed by atoms with van der Waals surface area (Å²) in [6.07, 6.45) is -0.783. The molecule has 0 bridgehead atoms. The van der Waals surface area contributed by atoms with Crippen LogP contribution in [0.2, 0.25) is 0 Å². The van der Waals surface area contributed by atoms with Gasteiger partial charge in [0.25, 0.3) is 0 Å². The molecule has 0 saturated carbocycles. The maximum absolute atomic E-state index is 11.8. The van der Waals surface area contributed by atoms with Gasteiger partial charge in [-0.25, -0.2) is 9.78 Å². The fourth-order valence-corrected chi connectivity index (χ4v) is 7.73. The lowest BCUT2D eigenvalue weighted by atomic mass is 9.91. The monoisotopic (exact) mass is 639 g/mol. The number of ether oxygens (including phenoxy) is 2. The molecule has 4 unspecified atom stereocenters. The van der Waals surface area contributed by atoms with Gasteiger partial charge in [0.2, 0.25) is 0 Å². The number of aliphatic hydroxyl groups is 1. The first kappa shape index (κ1) is 31.3. The van der Waals surface area contributed by atoms with Crippen LogP contribution >= 0.6 is 23.1 Å². The Balaban J connectivity index is 1.20. The maximum atomic E-state index is 11.8. The summed E-state index contributed by atoms with van der Waals surface area (Å²) in [5.74, 6) is 0.847. The van der Waals surface area contributed by atoms with E-state index in [4.69, 9.17) is 14.5 Å². The lowest BCUT2D eigenvalue weighted by molar-refractivity contribution is -0.268. The van der Waals surface area contributed by atoms with Crippen molar-refractivity contribution in [3.63, 3.8) is 0 Å². The number of fused-ring (bicyclic) bond motifs is 1. The fourth-order valence-electron chi connectivity index (χ4n) is 5.48. The Kier molecular flexibility index (Phi) is 10.1. The van der Waals surface area contributed by atoms with Gasteiger partial charge in [0, 0.05) is 30.3 Å². The first-order valence-electron chi connectivity index (χ1n) is 15.2. The second-order valence-corrected chi connectivity index (χ2v) is 13.4. The van der Waals surface area contributed by atoms with Gasteiger partial charge < -0.3 is 25.2 Å². The number of rotatable bonds is 10. The lowest BCUT2D eigenvalue weighted by Gasteiger charge is -2.41. The number of hydrogen-bond donors (Lipinski definition) is 3. The SMILES string of the molecule is CCNC(=O)NCc1cccc(-c2ccc(C3OC(CSc4nc5ccccc5s4)C(C)C(c4ccc(CO)cc4)O3)cc2)c1. The minimum absolute atomic E-state index is 0.00842. The first-order valence-corrected chi connectivity index (χ1v) is 17.0. The highest BCUT2D eigenvalue weighted by molar-refractivity contribution is 8.01. The van der Waals surface area contributed by atoms with E-state index in [1.54, 1.807) is 23.1 Å². The van der Waals surface area contributed by atoms with Crippen LogP contribution in [0.25, 0.3) is 21.3 Å². The number of thiazole rings is 1. The van der Waals surface area contributed by atoms with Gasteiger partial charge in [0.05, 0.1) is 29.0 Å². The summed E-state index contributed by atoms with van der Waals surface area (Å²) in [5.41, 5.74) is 7.08. The number of thioether (sulfide) groups is 1. The third-order valence-electron chi connectivity index (χ3n) is 8.00. The molecule has 0 radical (unpaired) electrons. The molecule has 1 fully saturated rings. The van der Waals surface area contributed by atoms with Crippen molar-refractivity contribution in [3.05, 3.63) is 119 Å². The van der Waals surface area contributed by atoms with E-state index in [2.05, 4.69) is 60.0 Å². The summed E-state index contributed by atoms with van der Waals surface area (Å²) in [4.78, 5) is 16.7. The van der Waals surface area contributed by atoms with Crippen molar-refractivity contribution in [2.24, 2.45) is 5.92 Å². The number of benzene rings is 4. The van der Waals surface area contributed by atoms with E-state index in [1.807, 2.05) is 61.5 Å². The second-order valence-electron chi connectivity index (χ2n) is 11.1. The van der Waals surface area contributed by atoms with E-state index in [1.165, 1.54) is 4.70 Å². The molecule has 232 valence electrons. The van der Waals surface area contributed by atoms with Crippen LogP contribution in [-0.4, -0.2) is 34.5 Å². The molecule has 9 heteroatoms. The normalized spacial score (nSPS) is 19.8. The van der Waals surface area contributed by atoms with Crippen LogP contribution in [-0.2, 0) is 22.6 Å². The van der Waals surface area contributed by atoms with Crippen molar-refractivity contribution in [1.29, 1.82) is 0 Å². The average Bonchev–Trinajstić information content (AvgIpc) is 3.50. The zero-order valence-corrected chi connectivity index (χ0v) is 26.9. The van der Waals surface area contributed by atoms with Crippen molar-refractivity contribution in [1.82, 2.24) is 15.6 Å². The molecule has 2 heterocycles. The highest BCUT2D eigenvalue weighted by atomic mass is 32.2. The Hall–Kier alpha value is -3.73. The number of carbonyl (C=O) groups excluding carboxylic acids is 1. The fraction of sp³-hybridized carbons (Fsp3) is 0.278. The highest BCUT2D eigenvalue weighted by Crippen LogP contribution is 2.43. The van der Waals surface area contributed by atoms with Crippen LogP contribution in [0.3, 0.4) is 0 Å². The molecule has 1 saturated heterocycles. The summed E-state index contributed by atoms with van der Waals surface area (Å²) in [6.45, 7) is 5.13. The number of aliphatic hydroxyl groups excluding tert-OH is 1. The molecule has 2 amide bonds. The van der Waals surface area contributed by atoms with E-state index in [0.717, 1.165) is 49.0 Å². The quantitative estimate of drug-likeness (QED) is 0.135. The minimum atomic E-state index is -0.536. The van der Waals surface area contributed by atoms with Crippen LogP contribution in [0.1, 0.15) is 48.5 Å².